The normalized spacial score (nSPS) is 13.4. The summed E-state index contributed by atoms with van der Waals surface area (Å²) in [4.78, 5) is 60.6. The van der Waals surface area contributed by atoms with Crippen molar-refractivity contribution in [1.82, 2.24) is 29.1 Å². The van der Waals surface area contributed by atoms with Crippen molar-refractivity contribution >= 4 is 41.0 Å². The number of aromatic nitrogens is 4. The molecule has 4 aromatic rings. The van der Waals surface area contributed by atoms with E-state index in [2.05, 4.69) is 29.2 Å². The molecule has 3 amide bonds. The highest BCUT2D eigenvalue weighted by Crippen LogP contribution is 2.33. The Kier molecular flexibility index (Phi) is 16.0. The number of imidazole rings is 1. The second kappa shape index (κ2) is 20.8. The van der Waals surface area contributed by atoms with Crippen LogP contribution in [0, 0.1) is 18.6 Å². The number of rotatable bonds is 18. The first-order valence-corrected chi connectivity index (χ1v) is 21.6. The Balaban J connectivity index is 1.16. The van der Waals surface area contributed by atoms with Gasteiger partial charge in [-0.05, 0) is 64.8 Å². The number of benzene rings is 2. The van der Waals surface area contributed by atoms with Crippen LogP contribution < -0.4 is 5.32 Å². The van der Waals surface area contributed by atoms with Crippen molar-refractivity contribution < 1.29 is 41.9 Å². The summed E-state index contributed by atoms with van der Waals surface area (Å²) in [5, 5.41) is 7.11. The van der Waals surface area contributed by atoms with Crippen LogP contribution in [0.4, 0.5) is 14.5 Å². The third kappa shape index (κ3) is 11.4. The first-order chi connectivity index (χ1) is 29.4. The molecule has 0 bridgehead atoms. The minimum absolute atomic E-state index is 0.0159. The van der Waals surface area contributed by atoms with E-state index < -0.39 is 23.1 Å². The van der Waals surface area contributed by atoms with Crippen molar-refractivity contribution in [2.24, 2.45) is 7.05 Å². The van der Waals surface area contributed by atoms with Crippen LogP contribution in [0.1, 0.15) is 87.0 Å². The molecule has 17 heteroatoms. The van der Waals surface area contributed by atoms with Gasteiger partial charge in [-0.1, -0.05) is 31.5 Å². The third-order valence-electron chi connectivity index (χ3n) is 11.1. The largest absolute Gasteiger partial charge is 0.456 e. The first kappa shape index (κ1) is 47.9. The van der Waals surface area contributed by atoms with Crippen LogP contribution in [0.25, 0.3) is 22.4 Å². The standard InChI is InChI=1S/C45H59ClF2N8O6/c1-9-22-56(23-10-2,29-39(58)62-45(4,5)6)24-11-12-38(57)53-17-19-54(20-18-53)44(60)33-14-13-31(26-36(33)46)51-43(59)42-49-28-37(52(42)7)34-16-15-32(40(47)41(34)48)35-27-50-55(30(35)3)21-25-61-8/h13-16,26-28H,9-12,17-25,29H2,1-8H3/p+1. The van der Waals surface area contributed by atoms with Gasteiger partial charge in [0.2, 0.25) is 5.91 Å². The van der Waals surface area contributed by atoms with Gasteiger partial charge in [0.15, 0.2) is 24.0 Å². The van der Waals surface area contributed by atoms with Gasteiger partial charge in [0.25, 0.3) is 11.8 Å². The Bertz CT molecular complexity index is 2240. The Morgan fingerprint density at radius 3 is 2.18 bits per heavy atom. The number of hydrogen-bond donors (Lipinski definition) is 1. The number of nitrogens with one attached hydrogen (secondary N) is 1. The summed E-state index contributed by atoms with van der Waals surface area (Å²) in [6.07, 6.45) is 5.59. The van der Waals surface area contributed by atoms with Crippen molar-refractivity contribution in [3.05, 3.63) is 76.5 Å². The smallest absolute Gasteiger partial charge is 0.362 e. The van der Waals surface area contributed by atoms with Gasteiger partial charge >= 0.3 is 5.97 Å². The zero-order valence-electron chi connectivity index (χ0n) is 37.2. The molecule has 1 aliphatic rings. The van der Waals surface area contributed by atoms with Crippen LogP contribution in [-0.2, 0) is 32.7 Å². The number of anilines is 1. The lowest BCUT2D eigenvalue weighted by atomic mass is 10.0. The lowest BCUT2D eigenvalue weighted by molar-refractivity contribution is -0.921. The topological polar surface area (TPSA) is 141 Å². The Morgan fingerprint density at radius 1 is 0.903 bits per heavy atom. The SMILES string of the molecule is CCC[N+](CCC)(CCCC(=O)N1CCN(C(=O)c2ccc(NC(=O)c3ncc(-c4ccc(-c5cnn(CCOC)c5C)c(F)c4F)n3C)cc2Cl)CC1)CC(=O)OC(C)(C)C. The molecule has 2 aromatic carbocycles. The molecule has 0 radical (unpaired) electrons. The molecule has 3 heterocycles. The fourth-order valence-electron chi connectivity index (χ4n) is 8.12. The Morgan fingerprint density at radius 2 is 1.55 bits per heavy atom. The number of ether oxygens (including phenoxy) is 2. The second-order valence-electron chi connectivity index (χ2n) is 16.9. The molecule has 0 spiro atoms. The summed E-state index contributed by atoms with van der Waals surface area (Å²) in [5.74, 6) is -3.35. The van der Waals surface area contributed by atoms with E-state index in [9.17, 15) is 19.2 Å². The molecule has 5 rings (SSSR count). The van der Waals surface area contributed by atoms with Crippen LogP contribution in [0.3, 0.4) is 0 Å². The highest BCUT2D eigenvalue weighted by atomic mass is 35.5. The summed E-state index contributed by atoms with van der Waals surface area (Å²) >= 11 is 6.59. The van der Waals surface area contributed by atoms with Gasteiger partial charge in [0.1, 0.15) is 5.60 Å². The third-order valence-corrected chi connectivity index (χ3v) is 11.4. The van der Waals surface area contributed by atoms with E-state index in [0.717, 1.165) is 25.9 Å². The van der Waals surface area contributed by atoms with E-state index in [1.807, 2.05) is 20.8 Å². The fourth-order valence-corrected chi connectivity index (χ4v) is 8.38. The molecule has 0 aliphatic carbocycles. The number of nitrogens with zero attached hydrogens (tertiary/aromatic N) is 7. The number of piperazine rings is 1. The number of methoxy groups -OCH3 is 1. The van der Waals surface area contributed by atoms with Crippen LogP contribution in [0.2, 0.25) is 5.02 Å². The van der Waals surface area contributed by atoms with E-state index in [4.69, 9.17) is 21.1 Å². The molecule has 1 fully saturated rings. The van der Waals surface area contributed by atoms with Gasteiger partial charge < -0.3 is 33.6 Å². The molecule has 0 atom stereocenters. The second-order valence-corrected chi connectivity index (χ2v) is 17.3. The van der Waals surface area contributed by atoms with Gasteiger partial charge in [-0.25, -0.2) is 18.6 Å². The number of hydrogen-bond acceptors (Lipinski definition) is 8. The number of amides is 3. The number of halogens is 3. The lowest BCUT2D eigenvalue weighted by Gasteiger charge is -2.39. The van der Waals surface area contributed by atoms with Gasteiger partial charge in [-0.2, -0.15) is 5.10 Å². The van der Waals surface area contributed by atoms with E-state index in [-0.39, 0.29) is 57.6 Å². The molecular weight excluding hydrogens is 822 g/mol. The number of quaternary nitrogens is 1. The van der Waals surface area contributed by atoms with Gasteiger partial charge in [-0.3, -0.25) is 19.1 Å². The first-order valence-electron chi connectivity index (χ1n) is 21.2. The van der Waals surface area contributed by atoms with Crippen molar-refractivity contribution in [1.29, 1.82) is 0 Å². The number of carbonyl (C=O) groups is 4. The van der Waals surface area contributed by atoms with Crippen molar-refractivity contribution in [2.45, 2.75) is 79.4 Å². The van der Waals surface area contributed by atoms with E-state index in [1.165, 1.54) is 48.3 Å². The predicted octanol–water partition coefficient (Wildman–Crippen LogP) is 7.13. The molecule has 1 N–H and O–H groups in total. The lowest BCUT2D eigenvalue weighted by Crippen LogP contribution is -2.54. The average Bonchev–Trinajstić information content (AvgIpc) is 3.78. The Hall–Kier alpha value is -5.19. The van der Waals surface area contributed by atoms with Crippen molar-refractivity contribution in [3.63, 3.8) is 0 Å². The summed E-state index contributed by atoms with van der Waals surface area (Å²) in [7, 11) is 3.09. The van der Waals surface area contributed by atoms with Gasteiger partial charge in [0, 0.05) is 81.2 Å². The zero-order chi connectivity index (χ0) is 45.4. The minimum Gasteiger partial charge on any atom is -0.456 e. The quantitative estimate of drug-likeness (QED) is 0.0823. The van der Waals surface area contributed by atoms with Crippen LogP contribution in [-0.4, -0.2) is 129 Å². The maximum Gasteiger partial charge on any atom is 0.362 e. The van der Waals surface area contributed by atoms with E-state index in [0.29, 0.717) is 80.1 Å². The van der Waals surface area contributed by atoms with Gasteiger partial charge in [0.05, 0.1) is 61.5 Å². The summed E-state index contributed by atoms with van der Waals surface area (Å²) < 4.78 is 45.5. The summed E-state index contributed by atoms with van der Waals surface area (Å²) in [5.41, 5.74) is 1.25. The maximum atomic E-state index is 15.6. The molecule has 0 unspecified atom stereocenters. The molecule has 14 nitrogen and oxygen atoms in total. The van der Waals surface area contributed by atoms with E-state index in [1.54, 1.807) is 34.6 Å². The number of carbonyl (C=O) groups excluding carboxylic acids is 4. The molecule has 2 aromatic heterocycles. The molecule has 0 saturated carbocycles. The van der Waals surface area contributed by atoms with Crippen molar-refractivity contribution in [2.75, 3.05) is 71.4 Å². The van der Waals surface area contributed by atoms with Crippen molar-refractivity contribution in [3.8, 4) is 22.4 Å². The average molecular weight is 882 g/mol. The summed E-state index contributed by atoms with van der Waals surface area (Å²) in [6, 6.07) is 7.45. The highest BCUT2D eigenvalue weighted by molar-refractivity contribution is 6.34. The van der Waals surface area contributed by atoms with Crippen LogP contribution >= 0.6 is 11.6 Å². The Labute approximate surface area is 367 Å². The molecule has 336 valence electrons. The highest BCUT2D eigenvalue weighted by Gasteiger charge is 2.33. The molecular formula is C45H60ClF2N8O6+. The molecule has 62 heavy (non-hydrogen) atoms. The van der Waals surface area contributed by atoms with E-state index >= 15 is 8.78 Å². The summed E-state index contributed by atoms with van der Waals surface area (Å²) in [6.45, 7) is 16.5. The molecule has 1 aliphatic heterocycles. The maximum absolute atomic E-state index is 15.6. The van der Waals surface area contributed by atoms with Crippen LogP contribution in [0.5, 0.6) is 0 Å². The fraction of sp³-hybridized carbons (Fsp3) is 0.511. The minimum atomic E-state index is -1.09. The zero-order valence-corrected chi connectivity index (χ0v) is 37.9. The number of esters is 1. The monoisotopic (exact) mass is 881 g/mol. The molecule has 1 saturated heterocycles. The van der Waals surface area contributed by atoms with Crippen LogP contribution in [0.15, 0.2) is 42.7 Å². The van der Waals surface area contributed by atoms with Gasteiger partial charge in [-0.15, -0.1) is 0 Å². The predicted molar refractivity (Wildman–Crippen MR) is 234 cm³/mol.